The molecule has 8 nitrogen and oxygen atoms in total. The minimum atomic E-state index is -0.933. The Hall–Kier alpha value is -3.42. The molecule has 110 valence electrons. The molecule has 4 N–H and O–H groups in total. The number of nitrogen functional groups attached to an aromatic ring is 1. The number of carbonyl (C=O) groups excluding carboxylic acids is 2. The maximum Gasteiger partial charge on any atom is 0.281 e. The van der Waals surface area contributed by atoms with E-state index >= 15 is 0 Å². The van der Waals surface area contributed by atoms with Crippen LogP contribution in [0.3, 0.4) is 0 Å². The highest BCUT2D eigenvalue weighted by molar-refractivity contribution is 6.33. The minimum Gasteiger partial charge on any atom is -0.507 e. The Morgan fingerprint density at radius 2 is 1.36 bits per heavy atom. The summed E-state index contributed by atoms with van der Waals surface area (Å²) >= 11 is 0. The van der Waals surface area contributed by atoms with Crippen molar-refractivity contribution >= 4 is 22.9 Å². The van der Waals surface area contributed by atoms with Gasteiger partial charge >= 0.3 is 0 Å². The molecule has 0 bridgehead atoms. The number of carbonyl (C=O) groups is 2. The largest absolute Gasteiger partial charge is 0.507 e. The fourth-order valence-electron chi connectivity index (χ4n) is 2.52. The van der Waals surface area contributed by atoms with Crippen LogP contribution >= 0.6 is 0 Å². The van der Waals surface area contributed by atoms with Gasteiger partial charge in [0.2, 0.25) is 11.6 Å². The molecule has 1 aliphatic rings. The number of hydrogen-bond donors (Lipinski definition) is 3. The highest BCUT2D eigenvalue weighted by Crippen LogP contribution is 2.42. The predicted octanol–water partition coefficient (Wildman–Crippen LogP) is 1.36. The monoisotopic (exact) mass is 300 g/mol. The number of nitrogens with two attached hydrogens (primary N) is 1. The van der Waals surface area contributed by atoms with Crippen LogP contribution in [0, 0.1) is 10.1 Å². The molecule has 0 radical (unpaired) electrons. The lowest BCUT2D eigenvalue weighted by Gasteiger charge is -2.20. The first-order valence-electron chi connectivity index (χ1n) is 6.05. The Morgan fingerprint density at radius 3 is 1.95 bits per heavy atom. The van der Waals surface area contributed by atoms with Crippen molar-refractivity contribution in [3.05, 3.63) is 56.6 Å². The molecule has 0 aliphatic heterocycles. The number of nitro benzene ring substituents is 1. The summed E-state index contributed by atoms with van der Waals surface area (Å²) in [6.45, 7) is 0. The van der Waals surface area contributed by atoms with Crippen LogP contribution in [-0.4, -0.2) is 26.7 Å². The maximum absolute atomic E-state index is 12.5. The van der Waals surface area contributed by atoms with Crippen molar-refractivity contribution in [1.29, 1.82) is 0 Å². The lowest BCUT2D eigenvalue weighted by atomic mass is 9.81. The zero-order chi connectivity index (χ0) is 16.2. The fraction of sp³-hybridized carbons (Fsp3) is 0. The first kappa shape index (κ1) is 13.6. The lowest BCUT2D eigenvalue weighted by Crippen LogP contribution is -2.23. The summed E-state index contributed by atoms with van der Waals surface area (Å²) < 4.78 is 0. The average molecular weight is 300 g/mol. The zero-order valence-electron chi connectivity index (χ0n) is 10.9. The minimum absolute atomic E-state index is 0.0669. The quantitative estimate of drug-likeness (QED) is 0.266. The molecule has 2 aromatic carbocycles. The van der Waals surface area contributed by atoms with Gasteiger partial charge in [-0.15, -0.1) is 0 Å². The molecule has 8 heteroatoms. The van der Waals surface area contributed by atoms with Gasteiger partial charge in [0.1, 0.15) is 17.1 Å². The molecular weight excluding hydrogens is 292 g/mol. The summed E-state index contributed by atoms with van der Waals surface area (Å²) in [6, 6.07) is 4.25. The summed E-state index contributed by atoms with van der Waals surface area (Å²) in [6.07, 6.45) is 0. The fourth-order valence-corrected chi connectivity index (χ4v) is 2.52. The second-order valence-electron chi connectivity index (χ2n) is 4.69. The number of aromatic hydroxyl groups is 2. The second kappa shape index (κ2) is 4.29. The molecule has 3 rings (SSSR count). The third kappa shape index (κ3) is 1.57. The van der Waals surface area contributed by atoms with Gasteiger partial charge in [0.05, 0.1) is 21.6 Å². The topological polar surface area (TPSA) is 144 Å². The molecule has 0 aromatic heterocycles. The summed E-state index contributed by atoms with van der Waals surface area (Å²) in [7, 11) is 0. The summed E-state index contributed by atoms with van der Waals surface area (Å²) in [5.41, 5.74) is 3.27. The highest BCUT2D eigenvalue weighted by Gasteiger charge is 2.40. The Kier molecular flexibility index (Phi) is 2.64. The van der Waals surface area contributed by atoms with E-state index in [0.29, 0.717) is 0 Å². The third-order valence-corrected chi connectivity index (χ3v) is 3.48. The normalized spacial score (nSPS) is 12.7. The van der Waals surface area contributed by atoms with Crippen molar-refractivity contribution in [2.24, 2.45) is 0 Å². The lowest BCUT2D eigenvalue weighted by molar-refractivity contribution is -0.385. The van der Waals surface area contributed by atoms with E-state index in [9.17, 15) is 29.9 Å². The number of rotatable bonds is 1. The van der Waals surface area contributed by atoms with Crippen LogP contribution in [0.5, 0.6) is 11.5 Å². The summed E-state index contributed by atoms with van der Waals surface area (Å²) in [5.74, 6) is -2.85. The highest BCUT2D eigenvalue weighted by atomic mass is 16.6. The molecule has 0 unspecified atom stereocenters. The van der Waals surface area contributed by atoms with Gasteiger partial charge in [-0.1, -0.05) is 0 Å². The Labute approximate surface area is 122 Å². The number of benzene rings is 2. The van der Waals surface area contributed by atoms with E-state index < -0.39 is 50.4 Å². The van der Waals surface area contributed by atoms with E-state index in [4.69, 9.17) is 5.73 Å². The van der Waals surface area contributed by atoms with Crippen LogP contribution in [0.25, 0.3) is 0 Å². The molecule has 0 heterocycles. The molecule has 0 fully saturated rings. The van der Waals surface area contributed by atoms with E-state index in [-0.39, 0.29) is 11.3 Å². The van der Waals surface area contributed by atoms with Crippen LogP contribution in [0.2, 0.25) is 0 Å². The number of fused-ring (bicyclic) bond motifs is 2. The molecule has 0 spiro atoms. The standard InChI is InChI=1S/C14H8N2O6/c15-5-1-3-7(17)11-9(5)13(19)12-8(18)4-2-6(16(21)22)10(12)14(11)20/h1-4,17-18H,15H2. The Balaban J connectivity index is 2.47. The van der Waals surface area contributed by atoms with Crippen molar-refractivity contribution in [2.75, 3.05) is 5.73 Å². The molecule has 0 amide bonds. The predicted molar refractivity (Wildman–Crippen MR) is 74.1 cm³/mol. The van der Waals surface area contributed by atoms with Crippen LogP contribution in [0.15, 0.2) is 24.3 Å². The molecule has 22 heavy (non-hydrogen) atoms. The summed E-state index contributed by atoms with van der Waals surface area (Å²) in [4.78, 5) is 35.3. The van der Waals surface area contributed by atoms with Crippen molar-refractivity contribution in [2.45, 2.75) is 0 Å². The smallest absolute Gasteiger partial charge is 0.281 e. The van der Waals surface area contributed by atoms with E-state index in [1.54, 1.807) is 0 Å². The third-order valence-electron chi connectivity index (χ3n) is 3.48. The van der Waals surface area contributed by atoms with Gasteiger partial charge in [0, 0.05) is 11.8 Å². The molecule has 2 aromatic rings. The van der Waals surface area contributed by atoms with E-state index in [1.807, 2.05) is 0 Å². The van der Waals surface area contributed by atoms with E-state index in [2.05, 4.69) is 0 Å². The number of phenols is 2. The van der Waals surface area contributed by atoms with Crippen LogP contribution < -0.4 is 5.73 Å². The van der Waals surface area contributed by atoms with Crippen LogP contribution in [0.1, 0.15) is 31.8 Å². The summed E-state index contributed by atoms with van der Waals surface area (Å²) in [5, 5.41) is 30.7. The average Bonchev–Trinajstić information content (AvgIpc) is 2.46. The number of ketones is 2. The van der Waals surface area contributed by atoms with Crippen molar-refractivity contribution in [3.63, 3.8) is 0 Å². The van der Waals surface area contributed by atoms with Gasteiger partial charge in [-0.05, 0) is 18.2 Å². The SMILES string of the molecule is Nc1ccc(O)c2c1C(=O)c1c(O)ccc([N+](=O)[O-])c1C2=O. The Bertz CT molecular complexity index is 887. The van der Waals surface area contributed by atoms with Gasteiger partial charge in [-0.25, -0.2) is 0 Å². The number of anilines is 1. The van der Waals surface area contributed by atoms with Gasteiger partial charge in [0.15, 0.2) is 0 Å². The number of nitro groups is 1. The van der Waals surface area contributed by atoms with E-state index in [1.165, 1.54) is 6.07 Å². The van der Waals surface area contributed by atoms with Crippen molar-refractivity contribution in [3.8, 4) is 11.5 Å². The van der Waals surface area contributed by atoms with Gasteiger partial charge in [0.25, 0.3) is 5.69 Å². The van der Waals surface area contributed by atoms with Gasteiger partial charge in [-0.2, -0.15) is 0 Å². The molecular formula is C14H8N2O6. The molecule has 0 atom stereocenters. The molecule has 1 aliphatic carbocycles. The van der Waals surface area contributed by atoms with Crippen LogP contribution in [0.4, 0.5) is 11.4 Å². The van der Waals surface area contributed by atoms with E-state index in [0.717, 1.165) is 18.2 Å². The van der Waals surface area contributed by atoms with Crippen LogP contribution in [-0.2, 0) is 0 Å². The van der Waals surface area contributed by atoms with Crippen molar-refractivity contribution in [1.82, 2.24) is 0 Å². The zero-order valence-corrected chi connectivity index (χ0v) is 10.9. The number of nitrogens with zero attached hydrogens (tertiary/aromatic N) is 1. The first-order chi connectivity index (χ1) is 10.3. The first-order valence-corrected chi connectivity index (χ1v) is 6.05. The van der Waals surface area contributed by atoms with Crippen molar-refractivity contribution < 1.29 is 24.7 Å². The second-order valence-corrected chi connectivity index (χ2v) is 4.69. The maximum atomic E-state index is 12.5. The molecule has 0 saturated carbocycles. The Morgan fingerprint density at radius 1 is 0.864 bits per heavy atom. The number of hydrogen-bond acceptors (Lipinski definition) is 7. The molecule has 0 saturated heterocycles. The van der Waals surface area contributed by atoms with Gasteiger partial charge < -0.3 is 15.9 Å². The number of phenolic OH excluding ortho intramolecular Hbond substituents is 2. The van der Waals surface area contributed by atoms with Gasteiger partial charge in [-0.3, -0.25) is 19.7 Å².